The molecule has 1 aliphatic heterocycles. The molecule has 164 valence electrons. The lowest BCUT2D eigenvalue weighted by Crippen LogP contribution is -2.49. The highest BCUT2D eigenvalue weighted by Gasteiger charge is 2.20. The predicted molar refractivity (Wildman–Crippen MR) is 124 cm³/mol. The summed E-state index contributed by atoms with van der Waals surface area (Å²) in [7, 11) is 0. The number of aromatic nitrogens is 4. The van der Waals surface area contributed by atoms with Crippen molar-refractivity contribution in [1.82, 2.24) is 25.1 Å². The molecule has 5 rings (SSSR count). The Bertz CT molecular complexity index is 1140. The average molecular weight is 431 g/mol. The van der Waals surface area contributed by atoms with Gasteiger partial charge in [-0.2, -0.15) is 5.10 Å². The van der Waals surface area contributed by atoms with Gasteiger partial charge in [0.25, 0.3) is 0 Å². The van der Waals surface area contributed by atoms with Crippen molar-refractivity contribution >= 4 is 16.6 Å². The van der Waals surface area contributed by atoms with E-state index in [1.165, 1.54) is 0 Å². The van der Waals surface area contributed by atoms with Gasteiger partial charge in [0.1, 0.15) is 24.3 Å². The Labute approximate surface area is 186 Å². The Hall–Kier alpha value is -3.49. The zero-order chi connectivity index (χ0) is 21.8. The van der Waals surface area contributed by atoms with Gasteiger partial charge in [0.2, 0.25) is 0 Å². The molecule has 0 bridgehead atoms. The zero-order valence-electron chi connectivity index (χ0n) is 17.8. The number of fused-ring (bicyclic) bond motifs is 1. The van der Waals surface area contributed by atoms with Crippen molar-refractivity contribution in [2.75, 3.05) is 44.2 Å². The summed E-state index contributed by atoms with van der Waals surface area (Å²) in [5.41, 5.74) is 2.18. The third kappa shape index (κ3) is 4.71. The van der Waals surface area contributed by atoms with Crippen molar-refractivity contribution in [3.63, 3.8) is 0 Å². The van der Waals surface area contributed by atoms with Crippen LogP contribution in [-0.4, -0.2) is 75.6 Å². The maximum absolute atomic E-state index is 10.5. The highest BCUT2D eigenvalue weighted by molar-refractivity contribution is 5.88. The second-order valence-electron chi connectivity index (χ2n) is 8.03. The largest absolute Gasteiger partial charge is 0.491 e. The van der Waals surface area contributed by atoms with Gasteiger partial charge in [0, 0.05) is 56.9 Å². The van der Waals surface area contributed by atoms with Crippen molar-refractivity contribution in [3.05, 3.63) is 67.4 Å². The summed E-state index contributed by atoms with van der Waals surface area (Å²) in [4.78, 5) is 13.0. The number of rotatable bonds is 7. The lowest BCUT2D eigenvalue weighted by molar-refractivity contribution is 0.0663. The molecule has 1 fully saturated rings. The summed E-state index contributed by atoms with van der Waals surface area (Å²) in [5, 5.41) is 19.6. The summed E-state index contributed by atoms with van der Waals surface area (Å²) in [6.45, 7) is 4.36. The minimum atomic E-state index is -0.544. The van der Waals surface area contributed by atoms with Crippen LogP contribution < -0.4 is 9.64 Å². The SMILES string of the molecule is OC(COc1ccc2cc(-c3cn[nH]c3)ccc2c1)CN1CCN(c2cnccn2)CC1. The van der Waals surface area contributed by atoms with E-state index >= 15 is 0 Å². The van der Waals surface area contributed by atoms with Gasteiger partial charge in [-0.15, -0.1) is 0 Å². The summed E-state index contributed by atoms with van der Waals surface area (Å²) in [5.74, 6) is 1.67. The van der Waals surface area contributed by atoms with Gasteiger partial charge < -0.3 is 14.7 Å². The number of aromatic amines is 1. The number of ether oxygens (including phenoxy) is 1. The van der Waals surface area contributed by atoms with Gasteiger partial charge in [-0.1, -0.05) is 18.2 Å². The van der Waals surface area contributed by atoms with Crippen molar-refractivity contribution in [3.8, 4) is 16.9 Å². The maximum atomic E-state index is 10.5. The average Bonchev–Trinajstić information content (AvgIpc) is 3.38. The Kier molecular flexibility index (Phi) is 5.96. The van der Waals surface area contributed by atoms with E-state index in [0.29, 0.717) is 6.54 Å². The number of β-amino-alcohol motifs (C(OH)–C–C–N with tert-alkyl or cyclic N) is 1. The Morgan fingerprint density at radius 3 is 2.59 bits per heavy atom. The van der Waals surface area contributed by atoms with E-state index in [1.807, 2.05) is 30.6 Å². The summed E-state index contributed by atoms with van der Waals surface area (Å²) < 4.78 is 5.89. The number of nitrogens with one attached hydrogen (secondary N) is 1. The topological polar surface area (TPSA) is 90.4 Å². The van der Waals surface area contributed by atoms with Crippen LogP contribution in [0, 0.1) is 0 Å². The fourth-order valence-corrected chi connectivity index (χ4v) is 4.06. The normalized spacial score (nSPS) is 15.7. The molecule has 2 aromatic carbocycles. The van der Waals surface area contributed by atoms with Gasteiger partial charge in [-0.05, 0) is 34.5 Å². The first kappa shape index (κ1) is 20.4. The number of aliphatic hydroxyl groups excluding tert-OH is 1. The number of nitrogens with zero attached hydrogens (tertiary/aromatic N) is 5. The van der Waals surface area contributed by atoms with E-state index in [-0.39, 0.29) is 6.61 Å². The van der Waals surface area contributed by atoms with Gasteiger partial charge >= 0.3 is 0 Å². The number of aliphatic hydroxyl groups is 1. The molecule has 0 saturated carbocycles. The number of piperazine rings is 1. The molecule has 1 saturated heterocycles. The molecule has 0 aliphatic carbocycles. The molecule has 4 aromatic rings. The first-order valence-electron chi connectivity index (χ1n) is 10.8. The maximum Gasteiger partial charge on any atom is 0.147 e. The lowest BCUT2D eigenvalue weighted by Gasteiger charge is -2.36. The van der Waals surface area contributed by atoms with Crippen molar-refractivity contribution in [2.45, 2.75) is 6.10 Å². The summed E-state index contributed by atoms with van der Waals surface area (Å²) in [6, 6.07) is 12.3. The first-order valence-corrected chi connectivity index (χ1v) is 10.8. The molecule has 1 atom stereocenters. The van der Waals surface area contributed by atoms with E-state index in [1.54, 1.807) is 18.6 Å². The lowest BCUT2D eigenvalue weighted by atomic mass is 10.0. The minimum Gasteiger partial charge on any atom is -0.491 e. The molecule has 8 heteroatoms. The van der Waals surface area contributed by atoms with E-state index < -0.39 is 6.10 Å². The summed E-state index contributed by atoms with van der Waals surface area (Å²) >= 11 is 0. The monoisotopic (exact) mass is 430 g/mol. The van der Waals surface area contributed by atoms with Crippen LogP contribution in [-0.2, 0) is 0 Å². The second kappa shape index (κ2) is 9.33. The van der Waals surface area contributed by atoms with E-state index in [4.69, 9.17) is 4.74 Å². The Morgan fingerprint density at radius 1 is 0.969 bits per heavy atom. The van der Waals surface area contributed by atoms with Crippen molar-refractivity contribution in [1.29, 1.82) is 0 Å². The fourth-order valence-electron chi connectivity index (χ4n) is 4.06. The molecule has 0 spiro atoms. The molecule has 0 radical (unpaired) electrons. The van der Waals surface area contributed by atoms with Crippen LogP contribution >= 0.6 is 0 Å². The number of hydrogen-bond donors (Lipinski definition) is 2. The van der Waals surface area contributed by atoms with Gasteiger partial charge in [0.15, 0.2) is 0 Å². The van der Waals surface area contributed by atoms with E-state index in [2.05, 4.69) is 48.2 Å². The van der Waals surface area contributed by atoms with Crippen LogP contribution in [0.2, 0.25) is 0 Å². The molecule has 0 amide bonds. The molecule has 2 N–H and O–H groups in total. The zero-order valence-corrected chi connectivity index (χ0v) is 17.8. The van der Waals surface area contributed by atoms with Crippen LogP contribution in [0.5, 0.6) is 5.75 Å². The number of benzene rings is 2. The highest BCUT2D eigenvalue weighted by Crippen LogP contribution is 2.26. The standard InChI is InChI=1S/C24H26N6O2/c31-22(16-29-7-9-30(10-8-29)24-15-25-5-6-26-24)17-32-23-4-3-18-11-19(1-2-20(18)12-23)21-13-27-28-14-21/h1-6,11-15,22,31H,7-10,16-17H2,(H,27,28). The molecule has 1 unspecified atom stereocenters. The number of H-pyrrole nitrogens is 1. The quantitative estimate of drug-likeness (QED) is 0.466. The van der Waals surface area contributed by atoms with E-state index in [9.17, 15) is 5.11 Å². The minimum absolute atomic E-state index is 0.267. The van der Waals surface area contributed by atoms with Crippen molar-refractivity contribution in [2.24, 2.45) is 0 Å². The molecule has 8 nitrogen and oxygen atoms in total. The molecular formula is C24H26N6O2. The molecule has 32 heavy (non-hydrogen) atoms. The Morgan fingerprint density at radius 2 is 1.81 bits per heavy atom. The highest BCUT2D eigenvalue weighted by atomic mass is 16.5. The molecular weight excluding hydrogens is 404 g/mol. The van der Waals surface area contributed by atoms with E-state index in [0.717, 1.165) is 59.6 Å². The molecule has 1 aliphatic rings. The molecule has 3 heterocycles. The number of hydrogen-bond acceptors (Lipinski definition) is 7. The number of anilines is 1. The first-order chi connectivity index (χ1) is 15.7. The van der Waals surface area contributed by atoms with Gasteiger partial charge in [0.05, 0.1) is 12.4 Å². The third-order valence-corrected chi connectivity index (χ3v) is 5.80. The van der Waals surface area contributed by atoms with Gasteiger partial charge in [-0.3, -0.25) is 15.0 Å². The molecule has 2 aromatic heterocycles. The third-order valence-electron chi connectivity index (χ3n) is 5.80. The Balaban J connectivity index is 1.12. The van der Waals surface area contributed by atoms with Crippen LogP contribution in [0.1, 0.15) is 0 Å². The van der Waals surface area contributed by atoms with Crippen LogP contribution in [0.15, 0.2) is 67.4 Å². The van der Waals surface area contributed by atoms with Crippen LogP contribution in [0.4, 0.5) is 5.82 Å². The van der Waals surface area contributed by atoms with Crippen molar-refractivity contribution < 1.29 is 9.84 Å². The van der Waals surface area contributed by atoms with Gasteiger partial charge in [-0.25, -0.2) is 4.98 Å². The smallest absolute Gasteiger partial charge is 0.147 e. The summed E-state index contributed by atoms with van der Waals surface area (Å²) in [6.07, 6.45) is 8.35. The predicted octanol–water partition coefficient (Wildman–Crippen LogP) is 2.58. The second-order valence-corrected chi connectivity index (χ2v) is 8.03. The fraction of sp³-hybridized carbons (Fsp3) is 0.292. The van der Waals surface area contributed by atoms with Crippen LogP contribution in [0.3, 0.4) is 0 Å². The van der Waals surface area contributed by atoms with Crippen LogP contribution in [0.25, 0.3) is 21.9 Å².